The lowest BCUT2D eigenvalue weighted by atomic mass is 9.87. The SMILES string of the molecule is CC(C)(C)c1ccc(OCCCNC(=O)NCCCCc2ccccc2)cc1. The lowest BCUT2D eigenvalue weighted by molar-refractivity contribution is 0.239. The van der Waals surface area contributed by atoms with Crippen molar-refractivity contribution < 1.29 is 9.53 Å². The standard InChI is InChI=1S/C24H34N2O2/c1-24(2,3)21-13-15-22(16-14-21)28-19-9-18-26-23(27)25-17-8-7-12-20-10-5-4-6-11-20/h4-6,10-11,13-16H,7-9,12,17-19H2,1-3H3,(H2,25,26,27). The van der Waals surface area contributed by atoms with Crippen LogP contribution in [0.25, 0.3) is 0 Å². The van der Waals surface area contributed by atoms with E-state index in [1.54, 1.807) is 0 Å². The van der Waals surface area contributed by atoms with Gasteiger partial charge >= 0.3 is 6.03 Å². The molecular formula is C24H34N2O2. The third kappa shape index (κ3) is 8.47. The van der Waals surface area contributed by atoms with Crippen molar-refractivity contribution in [2.24, 2.45) is 0 Å². The number of hydrogen-bond donors (Lipinski definition) is 2. The Kier molecular flexibility index (Phi) is 8.86. The molecule has 0 aliphatic heterocycles. The molecule has 0 atom stereocenters. The fourth-order valence-corrected chi connectivity index (χ4v) is 2.88. The average Bonchev–Trinajstić information content (AvgIpc) is 2.68. The summed E-state index contributed by atoms with van der Waals surface area (Å²) in [6.07, 6.45) is 3.89. The van der Waals surface area contributed by atoms with E-state index in [2.05, 4.69) is 67.8 Å². The number of benzene rings is 2. The van der Waals surface area contributed by atoms with Gasteiger partial charge in [-0.05, 0) is 54.4 Å². The maximum atomic E-state index is 11.8. The van der Waals surface area contributed by atoms with Crippen molar-refractivity contribution in [3.63, 3.8) is 0 Å². The zero-order valence-electron chi connectivity index (χ0n) is 17.5. The molecule has 2 amide bonds. The summed E-state index contributed by atoms with van der Waals surface area (Å²) in [6, 6.07) is 18.6. The molecule has 0 bridgehead atoms. The number of amides is 2. The predicted octanol–water partition coefficient (Wildman–Crippen LogP) is 5.08. The molecule has 0 aliphatic carbocycles. The maximum absolute atomic E-state index is 11.8. The van der Waals surface area contributed by atoms with Crippen molar-refractivity contribution in [1.82, 2.24) is 10.6 Å². The van der Waals surface area contributed by atoms with Crippen molar-refractivity contribution >= 4 is 6.03 Å². The van der Waals surface area contributed by atoms with Crippen molar-refractivity contribution in [1.29, 1.82) is 0 Å². The number of carbonyl (C=O) groups excluding carboxylic acids is 1. The zero-order chi connectivity index (χ0) is 20.2. The molecule has 28 heavy (non-hydrogen) atoms. The molecule has 0 unspecified atom stereocenters. The van der Waals surface area contributed by atoms with Gasteiger partial charge in [0, 0.05) is 13.1 Å². The normalized spacial score (nSPS) is 11.1. The van der Waals surface area contributed by atoms with Gasteiger partial charge in [-0.15, -0.1) is 0 Å². The predicted molar refractivity (Wildman–Crippen MR) is 116 cm³/mol. The highest BCUT2D eigenvalue weighted by atomic mass is 16.5. The number of ether oxygens (including phenoxy) is 1. The number of unbranched alkanes of at least 4 members (excludes halogenated alkanes) is 1. The van der Waals surface area contributed by atoms with E-state index in [1.807, 2.05) is 18.2 Å². The van der Waals surface area contributed by atoms with Crippen molar-refractivity contribution in [2.45, 2.75) is 51.9 Å². The molecule has 0 radical (unpaired) electrons. The van der Waals surface area contributed by atoms with Crippen molar-refractivity contribution in [2.75, 3.05) is 19.7 Å². The zero-order valence-corrected chi connectivity index (χ0v) is 17.5. The van der Waals surface area contributed by atoms with Gasteiger partial charge in [0.05, 0.1) is 6.61 Å². The molecule has 0 fully saturated rings. The van der Waals surface area contributed by atoms with Crippen LogP contribution in [0.2, 0.25) is 0 Å². The topological polar surface area (TPSA) is 50.4 Å². The first-order chi connectivity index (χ1) is 13.4. The van der Waals surface area contributed by atoms with Gasteiger partial charge in [-0.25, -0.2) is 4.79 Å². The Balaban J connectivity index is 1.48. The van der Waals surface area contributed by atoms with Crippen LogP contribution < -0.4 is 15.4 Å². The first kappa shape index (κ1) is 21.8. The van der Waals surface area contributed by atoms with E-state index in [0.717, 1.165) is 31.4 Å². The summed E-state index contributed by atoms with van der Waals surface area (Å²) in [5, 5.41) is 5.78. The fourth-order valence-electron chi connectivity index (χ4n) is 2.88. The number of carbonyl (C=O) groups is 1. The van der Waals surface area contributed by atoms with Crippen LogP contribution in [0, 0.1) is 0 Å². The quantitative estimate of drug-likeness (QED) is 0.563. The summed E-state index contributed by atoms with van der Waals surface area (Å²) >= 11 is 0. The van der Waals surface area contributed by atoms with E-state index in [0.29, 0.717) is 19.7 Å². The van der Waals surface area contributed by atoms with Crippen LogP contribution in [0.3, 0.4) is 0 Å². The minimum absolute atomic E-state index is 0.103. The Morgan fingerprint density at radius 3 is 2.14 bits per heavy atom. The number of hydrogen-bond acceptors (Lipinski definition) is 2. The van der Waals surface area contributed by atoms with E-state index >= 15 is 0 Å². The summed E-state index contributed by atoms with van der Waals surface area (Å²) < 4.78 is 5.74. The van der Waals surface area contributed by atoms with Gasteiger partial charge < -0.3 is 15.4 Å². The van der Waals surface area contributed by atoms with Crippen LogP contribution in [0.5, 0.6) is 5.75 Å². The maximum Gasteiger partial charge on any atom is 0.314 e. The Bertz CT molecular complexity index is 691. The molecular weight excluding hydrogens is 348 g/mol. The van der Waals surface area contributed by atoms with Crippen LogP contribution in [0.15, 0.2) is 54.6 Å². The molecule has 0 spiro atoms. The van der Waals surface area contributed by atoms with Crippen LogP contribution in [-0.2, 0) is 11.8 Å². The highest BCUT2D eigenvalue weighted by Crippen LogP contribution is 2.24. The van der Waals surface area contributed by atoms with E-state index in [4.69, 9.17) is 4.74 Å². The van der Waals surface area contributed by atoms with Gasteiger partial charge in [-0.1, -0.05) is 63.2 Å². The molecule has 0 aromatic heterocycles. The van der Waals surface area contributed by atoms with Gasteiger partial charge in [0.15, 0.2) is 0 Å². The first-order valence-electron chi connectivity index (χ1n) is 10.2. The molecule has 4 nitrogen and oxygen atoms in total. The van der Waals surface area contributed by atoms with Gasteiger partial charge in [-0.3, -0.25) is 0 Å². The third-order valence-corrected chi connectivity index (χ3v) is 4.62. The molecule has 2 N–H and O–H groups in total. The first-order valence-corrected chi connectivity index (χ1v) is 10.2. The number of aryl methyl sites for hydroxylation is 1. The summed E-state index contributed by atoms with van der Waals surface area (Å²) in [6.45, 7) is 8.49. The van der Waals surface area contributed by atoms with E-state index in [9.17, 15) is 4.79 Å². The number of urea groups is 1. The highest BCUT2D eigenvalue weighted by Gasteiger charge is 2.12. The summed E-state index contributed by atoms with van der Waals surface area (Å²) in [5.41, 5.74) is 2.79. The van der Waals surface area contributed by atoms with Crippen LogP contribution in [0.4, 0.5) is 4.79 Å². The van der Waals surface area contributed by atoms with Gasteiger partial charge in [0.25, 0.3) is 0 Å². The Labute approximate surface area is 169 Å². The summed E-state index contributed by atoms with van der Waals surface area (Å²) in [7, 11) is 0. The average molecular weight is 383 g/mol. The molecule has 0 aliphatic rings. The van der Waals surface area contributed by atoms with Crippen LogP contribution in [0.1, 0.15) is 51.2 Å². The van der Waals surface area contributed by atoms with Crippen LogP contribution >= 0.6 is 0 Å². The third-order valence-electron chi connectivity index (χ3n) is 4.62. The Morgan fingerprint density at radius 2 is 1.50 bits per heavy atom. The second-order valence-electron chi connectivity index (χ2n) is 8.10. The van der Waals surface area contributed by atoms with Gasteiger partial charge in [0.1, 0.15) is 5.75 Å². The van der Waals surface area contributed by atoms with E-state index < -0.39 is 0 Å². The van der Waals surface area contributed by atoms with Gasteiger partial charge in [0.2, 0.25) is 0 Å². The molecule has 0 saturated carbocycles. The summed E-state index contributed by atoms with van der Waals surface area (Å²) in [4.78, 5) is 11.8. The highest BCUT2D eigenvalue weighted by molar-refractivity contribution is 5.73. The number of rotatable bonds is 10. The lowest BCUT2D eigenvalue weighted by Crippen LogP contribution is -2.36. The molecule has 4 heteroatoms. The monoisotopic (exact) mass is 382 g/mol. The fraction of sp³-hybridized carbons (Fsp3) is 0.458. The van der Waals surface area contributed by atoms with Crippen molar-refractivity contribution in [3.8, 4) is 5.75 Å². The Morgan fingerprint density at radius 1 is 0.857 bits per heavy atom. The van der Waals surface area contributed by atoms with Gasteiger partial charge in [-0.2, -0.15) is 0 Å². The molecule has 152 valence electrons. The molecule has 2 rings (SSSR count). The minimum atomic E-state index is -0.103. The van der Waals surface area contributed by atoms with E-state index in [1.165, 1.54) is 11.1 Å². The number of nitrogens with one attached hydrogen (secondary N) is 2. The van der Waals surface area contributed by atoms with E-state index in [-0.39, 0.29) is 11.4 Å². The molecule has 2 aromatic rings. The van der Waals surface area contributed by atoms with Crippen LogP contribution in [-0.4, -0.2) is 25.7 Å². The summed E-state index contributed by atoms with van der Waals surface area (Å²) in [5.74, 6) is 0.871. The molecule has 0 saturated heterocycles. The lowest BCUT2D eigenvalue weighted by Gasteiger charge is -2.19. The Hall–Kier alpha value is -2.49. The minimum Gasteiger partial charge on any atom is -0.494 e. The molecule has 0 heterocycles. The smallest absolute Gasteiger partial charge is 0.314 e. The second-order valence-corrected chi connectivity index (χ2v) is 8.10. The van der Waals surface area contributed by atoms with Crippen molar-refractivity contribution in [3.05, 3.63) is 65.7 Å². The largest absolute Gasteiger partial charge is 0.494 e. The second kappa shape index (κ2) is 11.4. The molecule has 2 aromatic carbocycles.